The van der Waals surface area contributed by atoms with Crippen molar-refractivity contribution in [1.82, 2.24) is 10.2 Å². The van der Waals surface area contributed by atoms with Crippen LogP contribution >= 0.6 is 11.3 Å². The maximum Gasteiger partial charge on any atom is 0.222 e. The summed E-state index contributed by atoms with van der Waals surface area (Å²) in [6.45, 7) is 10.9. The number of benzene rings is 1. The van der Waals surface area contributed by atoms with Crippen LogP contribution in [0.4, 0.5) is 5.69 Å². The summed E-state index contributed by atoms with van der Waals surface area (Å²) in [5.41, 5.74) is 2.62. The molecule has 0 saturated carbocycles. The number of aliphatic imine (C=N–C) groups is 1. The highest BCUT2D eigenvalue weighted by atomic mass is 32.1. The van der Waals surface area contributed by atoms with Gasteiger partial charge < -0.3 is 15.1 Å². The van der Waals surface area contributed by atoms with Crippen molar-refractivity contribution in [2.45, 2.75) is 51.4 Å². The minimum absolute atomic E-state index is 0.00357. The van der Waals surface area contributed by atoms with Gasteiger partial charge in [0.25, 0.3) is 0 Å². The van der Waals surface area contributed by atoms with E-state index in [0.717, 1.165) is 51.5 Å². The van der Waals surface area contributed by atoms with Crippen molar-refractivity contribution in [3.05, 3.63) is 52.2 Å². The standard InChI is InChI=1S/C25H34N4OS/c1-4-26-24(27-18-25(2,3)22-11-8-16-31-22)29-17-19(20-9-5-6-10-21(20)29)13-15-28-14-7-12-23(28)30/h5-6,8-11,16,19H,4,7,12-15,17-18H2,1-3H3,(H,26,27). The zero-order chi connectivity index (χ0) is 21.8. The molecule has 166 valence electrons. The molecular weight excluding hydrogens is 404 g/mol. The normalized spacial score (nSPS) is 19.3. The van der Waals surface area contributed by atoms with E-state index in [1.54, 1.807) is 11.3 Å². The first-order chi connectivity index (χ1) is 15.0. The molecule has 0 radical (unpaired) electrons. The van der Waals surface area contributed by atoms with Gasteiger partial charge >= 0.3 is 0 Å². The topological polar surface area (TPSA) is 47.9 Å². The molecule has 1 fully saturated rings. The SMILES string of the molecule is CCNC(=NCC(C)(C)c1cccs1)N1CC(CCN2CCCC2=O)c2ccccc21. The third-order valence-electron chi connectivity index (χ3n) is 6.39. The number of fused-ring (bicyclic) bond motifs is 1. The van der Waals surface area contributed by atoms with Crippen molar-refractivity contribution in [2.75, 3.05) is 37.6 Å². The molecule has 0 aliphatic carbocycles. The third kappa shape index (κ3) is 4.79. The fourth-order valence-electron chi connectivity index (χ4n) is 4.60. The van der Waals surface area contributed by atoms with Crippen LogP contribution in [0.1, 0.15) is 56.4 Å². The number of para-hydroxylation sites is 1. The van der Waals surface area contributed by atoms with Crippen LogP contribution in [0.25, 0.3) is 0 Å². The number of hydrogen-bond acceptors (Lipinski definition) is 3. The first kappa shape index (κ1) is 21.9. The lowest BCUT2D eigenvalue weighted by molar-refractivity contribution is -0.127. The Kier molecular flexibility index (Phi) is 6.65. The lowest BCUT2D eigenvalue weighted by atomic mass is 9.92. The molecule has 31 heavy (non-hydrogen) atoms. The number of likely N-dealkylation sites (tertiary alicyclic amines) is 1. The first-order valence-corrected chi connectivity index (χ1v) is 12.3. The van der Waals surface area contributed by atoms with E-state index >= 15 is 0 Å². The lowest BCUT2D eigenvalue weighted by Crippen LogP contribution is -2.42. The Balaban J connectivity index is 1.52. The van der Waals surface area contributed by atoms with Crippen LogP contribution in [0.2, 0.25) is 0 Å². The predicted octanol–water partition coefficient (Wildman–Crippen LogP) is 4.61. The van der Waals surface area contributed by atoms with E-state index < -0.39 is 0 Å². The van der Waals surface area contributed by atoms with Crippen LogP contribution in [-0.2, 0) is 10.2 Å². The minimum Gasteiger partial charge on any atom is -0.356 e. The molecule has 5 nitrogen and oxygen atoms in total. The number of anilines is 1. The second-order valence-electron chi connectivity index (χ2n) is 9.17. The van der Waals surface area contributed by atoms with Crippen molar-refractivity contribution in [2.24, 2.45) is 4.99 Å². The third-order valence-corrected chi connectivity index (χ3v) is 7.63. The van der Waals surface area contributed by atoms with Crippen molar-refractivity contribution in [1.29, 1.82) is 0 Å². The van der Waals surface area contributed by atoms with E-state index in [4.69, 9.17) is 4.99 Å². The van der Waals surface area contributed by atoms with E-state index in [1.807, 2.05) is 4.90 Å². The Hall–Kier alpha value is -2.34. The lowest BCUT2D eigenvalue weighted by Gasteiger charge is -2.26. The number of carbonyl (C=O) groups excluding carboxylic acids is 1. The second-order valence-corrected chi connectivity index (χ2v) is 10.1. The molecule has 1 amide bonds. The monoisotopic (exact) mass is 438 g/mol. The van der Waals surface area contributed by atoms with Gasteiger partial charge in [0.15, 0.2) is 5.96 Å². The summed E-state index contributed by atoms with van der Waals surface area (Å²) in [5.74, 6) is 1.69. The van der Waals surface area contributed by atoms with Crippen molar-refractivity contribution in [3.63, 3.8) is 0 Å². The van der Waals surface area contributed by atoms with Crippen LogP contribution in [0.15, 0.2) is 46.8 Å². The fraction of sp³-hybridized carbons (Fsp3) is 0.520. The van der Waals surface area contributed by atoms with Gasteiger partial charge in [0.05, 0.1) is 6.54 Å². The summed E-state index contributed by atoms with van der Waals surface area (Å²) >= 11 is 1.80. The smallest absolute Gasteiger partial charge is 0.222 e. The number of hydrogen-bond donors (Lipinski definition) is 1. The molecule has 3 heterocycles. The Bertz CT molecular complexity index is 921. The van der Waals surface area contributed by atoms with E-state index in [0.29, 0.717) is 18.2 Å². The van der Waals surface area contributed by atoms with Crippen LogP contribution in [-0.4, -0.2) is 49.5 Å². The number of amides is 1. The zero-order valence-electron chi connectivity index (χ0n) is 18.9. The van der Waals surface area contributed by atoms with Crippen molar-refractivity contribution < 1.29 is 4.79 Å². The molecular formula is C25H34N4OS. The highest BCUT2D eigenvalue weighted by Crippen LogP contribution is 2.38. The maximum absolute atomic E-state index is 12.0. The van der Waals surface area contributed by atoms with Crippen molar-refractivity contribution >= 4 is 28.9 Å². The van der Waals surface area contributed by atoms with Gasteiger partial charge in [-0.3, -0.25) is 9.79 Å². The zero-order valence-corrected chi connectivity index (χ0v) is 19.8. The molecule has 1 aromatic carbocycles. The number of rotatable bonds is 7. The maximum atomic E-state index is 12.0. The number of nitrogens with one attached hydrogen (secondary N) is 1. The van der Waals surface area contributed by atoms with Gasteiger partial charge in [0.1, 0.15) is 0 Å². The highest BCUT2D eigenvalue weighted by Gasteiger charge is 2.32. The van der Waals surface area contributed by atoms with Crippen LogP contribution in [0.5, 0.6) is 0 Å². The average molecular weight is 439 g/mol. The summed E-state index contributed by atoms with van der Waals surface area (Å²) < 4.78 is 0. The van der Waals surface area contributed by atoms with E-state index in [-0.39, 0.29) is 5.41 Å². The predicted molar refractivity (Wildman–Crippen MR) is 130 cm³/mol. The van der Waals surface area contributed by atoms with Gasteiger partial charge in [0.2, 0.25) is 5.91 Å². The Labute approximate surface area is 190 Å². The molecule has 6 heteroatoms. The molecule has 2 aromatic rings. The number of guanidine groups is 1. The van der Waals surface area contributed by atoms with E-state index in [1.165, 1.54) is 16.1 Å². The molecule has 1 unspecified atom stereocenters. The van der Waals surface area contributed by atoms with Gasteiger partial charge in [-0.1, -0.05) is 38.1 Å². The molecule has 2 aliphatic rings. The summed E-state index contributed by atoms with van der Waals surface area (Å²) in [5, 5.41) is 5.66. The summed E-state index contributed by atoms with van der Waals surface area (Å²) in [6, 6.07) is 13.0. The second kappa shape index (κ2) is 9.43. The molecule has 0 spiro atoms. The quantitative estimate of drug-likeness (QED) is 0.507. The fourth-order valence-corrected chi connectivity index (χ4v) is 5.45. The molecule has 1 aromatic heterocycles. The molecule has 2 aliphatic heterocycles. The average Bonchev–Trinajstić information content (AvgIpc) is 3.50. The number of thiophene rings is 1. The number of nitrogens with zero attached hydrogens (tertiary/aromatic N) is 3. The van der Waals surface area contributed by atoms with Gasteiger partial charge in [-0.15, -0.1) is 11.3 Å². The minimum atomic E-state index is 0.00357. The van der Waals surface area contributed by atoms with Gasteiger partial charge in [0, 0.05) is 54.5 Å². The molecule has 1 saturated heterocycles. The molecule has 1 N–H and O–H groups in total. The van der Waals surface area contributed by atoms with Gasteiger partial charge in [-0.2, -0.15) is 0 Å². The summed E-state index contributed by atoms with van der Waals surface area (Å²) in [7, 11) is 0. The van der Waals surface area contributed by atoms with Gasteiger partial charge in [-0.25, -0.2) is 0 Å². The van der Waals surface area contributed by atoms with E-state index in [9.17, 15) is 4.79 Å². The number of carbonyl (C=O) groups is 1. The Morgan fingerprint density at radius 1 is 1.26 bits per heavy atom. The van der Waals surface area contributed by atoms with Gasteiger partial charge in [-0.05, 0) is 42.8 Å². The van der Waals surface area contributed by atoms with Crippen molar-refractivity contribution in [3.8, 4) is 0 Å². The first-order valence-electron chi connectivity index (χ1n) is 11.5. The van der Waals surface area contributed by atoms with Crippen LogP contribution in [0, 0.1) is 0 Å². The summed E-state index contributed by atoms with van der Waals surface area (Å²) in [4.78, 5) is 22.9. The van der Waals surface area contributed by atoms with Crippen LogP contribution in [0.3, 0.4) is 0 Å². The Morgan fingerprint density at radius 2 is 2.10 bits per heavy atom. The Morgan fingerprint density at radius 3 is 2.81 bits per heavy atom. The largest absolute Gasteiger partial charge is 0.356 e. The molecule has 0 bridgehead atoms. The molecule has 1 atom stereocenters. The highest BCUT2D eigenvalue weighted by molar-refractivity contribution is 7.10. The summed E-state index contributed by atoms with van der Waals surface area (Å²) in [6.07, 6.45) is 2.72. The molecule has 4 rings (SSSR count). The van der Waals surface area contributed by atoms with Crippen LogP contribution < -0.4 is 10.2 Å². The van der Waals surface area contributed by atoms with E-state index in [2.05, 4.69) is 72.8 Å².